The number of anilines is 1. The Morgan fingerprint density at radius 1 is 1.33 bits per heavy atom. The Hall–Kier alpha value is -1.65. The van der Waals surface area contributed by atoms with E-state index in [0.717, 1.165) is 5.56 Å². The molecule has 0 aliphatic rings. The fraction of sp³-hybridized carbons (Fsp3) is 0.154. The standard InChI is InChI=1S/C13H13ClFN3/c14-9-1-2-11(15)10(6-9)13(17)5-8-7-18-4-3-12(8)16/h1-4,6-7,13H,5,17H2,(H2,16,18). The van der Waals surface area contributed by atoms with Crippen molar-refractivity contribution in [3.8, 4) is 0 Å². The molecule has 0 saturated heterocycles. The minimum absolute atomic E-state index is 0.366. The summed E-state index contributed by atoms with van der Waals surface area (Å²) in [7, 11) is 0. The van der Waals surface area contributed by atoms with Gasteiger partial charge in [0.2, 0.25) is 0 Å². The fourth-order valence-corrected chi connectivity index (χ4v) is 1.93. The molecule has 0 bridgehead atoms. The molecular formula is C13H13ClFN3. The highest BCUT2D eigenvalue weighted by molar-refractivity contribution is 6.30. The predicted molar refractivity (Wildman–Crippen MR) is 70.7 cm³/mol. The number of halogens is 2. The van der Waals surface area contributed by atoms with E-state index < -0.39 is 6.04 Å². The van der Waals surface area contributed by atoms with Crippen molar-refractivity contribution in [2.24, 2.45) is 5.73 Å². The van der Waals surface area contributed by atoms with Crippen LogP contribution in [0.2, 0.25) is 5.02 Å². The maximum Gasteiger partial charge on any atom is 0.128 e. The number of pyridine rings is 1. The Morgan fingerprint density at radius 2 is 2.11 bits per heavy atom. The highest BCUT2D eigenvalue weighted by Crippen LogP contribution is 2.24. The molecule has 0 spiro atoms. The van der Waals surface area contributed by atoms with Crippen LogP contribution in [0.3, 0.4) is 0 Å². The Morgan fingerprint density at radius 3 is 2.83 bits per heavy atom. The normalized spacial score (nSPS) is 12.4. The van der Waals surface area contributed by atoms with E-state index in [-0.39, 0.29) is 5.82 Å². The number of aromatic nitrogens is 1. The van der Waals surface area contributed by atoms with Crippen LogP contribution in [-0.2, 0) is 6.42 Å². The molecule has 2 rings (SSSR count). The van der Waals surface area contributed by atoms with Crippen LogP contribution in [0.1, 0.15) is 17.2 Å². The predicted octanol–water partition coefficient (Wildman–Crippen LogP) is 2.70. The third kappa shape index (κ3) is 2.78. The molecule has 2 aromatic rings. The summed E-state index contributed by atoms with van der Waals surface area (Å²) >= 11 is 5.84. The molecule has 0 aliphatic heterocycles. The van der Waals surface area contributed by atoms with E-state index in [1.165, 1.54) is 18.2 Å². The summed E-state index contributed by atoms with van der Waals surface area (Å²) in [6.45, 7) is 0. The summed E-state index contributed by atoms with van der Waals surface area (Å²) in [6.07, 6.45) is 3.65. The van der Waals surface area contributed by atoms with Crippen molar-refractivity contribution in [2.45, 2.75) is 12.5 Å². The minimum atomic E-state index is -0.504. The van der Waals surface area contributed by atoms with Gasteiger partial charge >= 0.3 is 0 Å². The molecule has 5 heteroatoms. The van der Waals surface area contributed by atoms with Crippen molar-refractivity contribution >= 4 is 17.3 Å². The third-order valence-corrected chi connectivity index (χ3v) is 2.97. The van der Waals surface area contributed by atoms with E-state index in [2.05, 4.69) is 4.98 Å². The van der Waals surface area contributed by atoms with Gasteiger partial charge in [-0.3, -0.25) is 4.98 Å². The molecule has 0 radical (unpaired) electrons. The second-order valence-electron chi connectivity index (χ2n) is 4.05. The number of hydrogen-bond acceptors (Lipinski definition) is 3. The minimum Gasteiger partial charge on any atom is -0.398 e. The summed E-state index contributed by atoms with van der Waals surface area (Å²) in [5, 5.41) is 0.459. The number of nitrogens with zero attached hydrogens (tertiary/aromatic N) is 1. The third-order valence-electron chi connectivity index (χ3n) is 2.74. The first kappa shape index (κ1) is 12.8. The van der Waals surface area contributed by atoms with Crippen LogP contribution >= 0.6 is 11.6 Å². The molecule has 1 aromatic heterocycles. The van der Waals surface area contributed by atoms with E-state index in [4.69, 9.17) is 23.1 Å². The smallest absolute Gasteiger partial charge is 0.128 e. The summed E-state index contributed by atoms with van der Waals surface area (Å²) in [5.41, 5.74) is 13.6. The van der Waals surface area contributed by atoms with Gasteiger partial charge in [-0.1, -0.05) is 11.6 Å². The summed E-state index contributed by atoms with van der Waals surface area (Å²) in [4.78, 5) is 3.98. The zero-order chi connectivity index (χ0) is 13.1. The molecule has 1 aromatic carbocycles. The van der Waals surface area contributed by atoms with Crippen molar-refractivity contribution < 1.29 is 4.39 Å². The quantitative estimate of drug-likeness (QED) is 0.897. The number of rotatable bonds is 3. The SMILES string of the molecule is Nc1ccncc1CC(N)c1cc(Cl)ccc1F. The van der Waals surface area contributed by atoms with Gasteiger partial charge in [-0.2, -0.15) is 0 Å². The molecule has 1 atom stereocenters. The lowest BCUT2D eigenvalue weighted by atomic mass is 9.99. The average molecular weight is 266 g/mol. The second kappa shape index (κ2) is 5.33. The lowest BCUT2D eigenvalue weighted by molar-refractivity contribution is 0.580. The molecule has 0 saturated carbocycles. The van der Waals surface area contributed by atoms with E-state index in [0.29, 0.717) is 22.7 Å². The van der Waals surface area contributed by atoms with Gasteiger partial charge in [-0.25, -0.2) is 4.39 Å². The number of nitrogen functional groups attached to an aromatic ring is 1. The van der Waals surface area contributed by atoms with Gasteiger partial charge in [0.15, 0.2) is 0 Å². The summed E-state index contributed by atoms with van der Waals surface area (Å²) in [6, 6.07) is 5.52. The molecule has 18 heavy (non-hydrogen) atoms. The van der Waals surface area contributed by atoms with Gasteiger partial charge in [-0.15, -0.1) is 0 Å². The van der Waals surface area contributed by atoms with Gasteiger partial charge < -0.3 is 11.5 Å². The second-order valence-corrected chi connectivity index (χ2v) is 4.49. The first-order valence-corrected chi connectivity index (χ1v) is 5.84. The number of benzene rings is 1. The van der Waals surface area contributed by atoms with Crippen molar-refractivity contribution in [1.82, 2.24) is 4.98 Å². The maximum absolute atomic E-state index is 13.6. The van der Waals surface area contributed by atoms with E-state index >= 15 is 0 Å². The molecule has 3 nitrogen and oxygen atoms in total. The van der Waals surface area contributed by atoms with Crippen molar-refractivity contribution in [3.63, 3.8) is 0 Å². The zero-order valence-corrected chi connectivity index (χ0v) is 10.4. The molecule has 0 amide bonds. The number of hydrogen-bond donors (Lipinski definition) is 2. The van der Waals surface area contributed by atoms with Gasteiger partial charge in [0.1, 0.15) is 5.82 Å². The van der Waals surface area contributed by atoms with Gasteiger partial charge in [0.05, 0.1) is 0 Å². The largest absolute Gasteiger partial charge is 0.398 e. The summed E-state index contributed by atoms with van der Waals surface area (Å²) in [5.74, 6) is -0.366. The molecule has 94 valence electrons. The van der Waals surface area contributed by atoms with Crippen LogP contribution in [0.5, 0.6) is 0 Å². The molecule has 0 fully saturated rings. The Balaban J connectivity index is 2.25. The first-order chi connectivity index (χ1) is 8.58. The van der Waals surface area contributed by atoms with Crippen molar-refractivity contribution in [2.75, 3.05) is 5.73 Å². The monoisotopic (exact) mass is 265 g/mol. The average Bonchev–Trinajstić information content (AvgIpc) is 2.35. The fourth-order valence-electron chi connectivity index (χ4n) is 1.75. The number of nitrogens with two attached hydrogens (primary N) is 2. The Bertz CT molecular complexity index is 560. The van der Waals surface area contributed by atoms with Crippen LogP contribution in [0.15, 0.2) is 36.7 Å². The molecule has 0 aliphatic carbocycles. The topological polar surface area (TPSA) is 64.9 Å². The maximum atomic E-state index is 13.6. The zero-order valence-electron chi connectivity index (χ0n) is 9.61. The first-order valence-electron chi connectivity index (χ1n) is 5.47. The highest BCUT2D eigenvalue weighted by Gasteiger charge is 2.14. The molecule has 1 unspecified atom stereocenters. The van der Waals surface area contributed by atoms with Gasteiger partial charge in [0, 0.05) is 34.7 Å². The van der Waals surface area contributed by atoms with Crippen LogP contribution in [0.25, 0.3) is 0 Å². The van der Waals surface area contributed by atoms with Gasteiger partial charge in [0.25, 0.3) is 0 Å². The van der Waals surface area contributed by atoms with Crippen molar-refractivity contribution in [3.05, 3.63) is 58.6 Å². The van der Waals surface area contributed by atoms with E-state index in [1.807, 2.05) is 0 Å². The lowest BCUT2D eigenvalue weighted by Crippen LogP contribution is -2.16. The van der Waals surface area contributed by atoms with Crippen LogP contribution in [0, 0.1) is 5.82 Å². The van der Waals surface area contributed by atoms with E-state index in [9.17, 15) is 4.39 Å². The van der Waals surface area contributed by atoms with Crippen molar-refractivity contribution in [1.29, 1.82) is 0 Å². The lowest BCUT2D eigenvalue weighted by Gasteiger charge is -2.14. The molecule has 4 N–H and O–H groups in total. The molecular weight excluding hydrogens is 253 g/mol. The van der Waals surface area contributed by atoms with E-state index in [1.54, 1.807) is 18.5 Å². The van der Waals surface area contributed by atoms with Gasteiger partial charge in [-0.05, 0) is 36.2 Å². The summed E-state index contributed by atoms with van der Waals surface area (Å²) < 4.78 is 13.6. The molecule has 1 heterocycles. The van der Waals surface area contributed by atoms with Crippen LogP contribution in [-0.4, -0.2) is 4.98 Å². The Kier molecular flexibility index (Phi) is 3.79. The highest BCUT2D eigenvalue weighted by atomic mass is 35.5. The van der Waals surface area contributed by atoms with Crippen LogP contribution in [0.4, 0.5) is 10.1 Å². The Labute approximate surface area is 110 Å². The van der Waals surface area contributed by atoms with Crippen LogP contribution < -0.4 is 11.5 Å².